The third-order valence-corrected chi connectivity index (χ3v) is 0. The monoisotopic (exact) mass is 363 g/mol. The predicted molar refractivity (Wildman–Crippen MR) is 22.5 cm³/mol. The second kappa shape index (κ2) is 226. The van der Waals surface area contributed by atoms with E-state index in [4.69, 9.17) is 41.5 Å². The van der Waals surface area contributed by atoms with E-state index in [1.54, 1.807) is 0 Å². The zero-order chi connectivity index (χ0) is 10.8. The molecule has 0 aliphatic carbocycles. The van der Waals surface area contributed by atoms with Gasteiger partial charge < -0.3 is 20.4 Å². The Balaban J connectivity index is -0.0000000213. The third-order valence-electron chi connectivity index (χ3n) is 0. The summed E-state index contributed by atoms with van der Waals surface area (Å²) in [6, 6.07) is 0. The molecule has 0 radical (unpaired) electrons. The fourth-order valence-corrected chi connectivity index (χ4v) is 0. The van der Waals surface area contributed by atoms with Crippen molar-refractivity contribution in [1.29, 1.82) is 21.0 Å². The molecule has 0 aliphatic rings. The summed E-state index contributed by atoms with van der Waals surface area (Å²) < 4.78 is 0. The molecule has 13 heavy (non-hydrogen) atoms. The van der Waals surface area contributed by atoms with E-state index in [2.05, 4.69) is 0 Å². The average molecular weight is 363 g/mol. The normalized spacial score (nSPS) is 2.15. The number of rotatable bonds is 0. The molecule has 0 rings (SSSR count). The summed E-state index contributed by atoms with van der Waals surface area (Å²) in [5, 5.41) is 60.0. The summed E-state index contributed by atoms with van der Waals surface area (Å²) >= 11 is 0. The Kier molecular flexibility index (Phi) is 534. The molecule has 70 valence electrons. The Labute approximate surface area is 88.0 Å². The molecule has 0 fully saturated rings. The van der Waals surface area contributed by atoms with Crippen LogP contribution in [0.15, 0.2) is 0 Å². The first-order valence-electron chi connectivity index (χ1n) is 1.71. The topological polar surface area (TPSA) is 187 Å². The van der Waals surface area contributed by atoms with Crippen LogP contribution < -0.4 is 20.4 Å². The van der Waals surface area contributed by atoms with Gasteiger partial charge in [-0.1, -0.05) is 0 Å². The summed E-state index contributed by atoms with van der Waals surface area (Å²) in [6.07, 6.45) is 2.00. The molecular formula is C4N4O4Pt. The number of nitriles is 4. The smallest absolute Gasteiger partial charge is 0.812 e. The molecule has 8 nitrogen and oxygen atoms in total. The zero-order valence-electron chi connectivity index (χ0n) is 5.74. The number of hydrogen-bond acceptors (Lipinski definition) is 8. The minimum atomic E-state index is 0. The van der Waals surface area contributed by atoms with Gasteiger partial charge in [-0.25, -0.2) is 21.0 Å². The van der Waals surface area contributed by atoms with Crippen molar-refractivity contribution in [2.45, 2.75) is 0 Å². The van der Waals surface area contributed by atoms with Gasteiger partial charge in [-0.2, -0.15) is 0 Å². The molecule has 0 aromatic carbocycles. The standard InChI is InChI=1S/4CHNO.Pt/c4*2-1-3;/h4*3H;/q;;;;+4/p-4. The Morgan fingerprint density at radius 2 is 0.538 bits per heavy atom. The van der Waals surface area contributed by atoms with Crippen molar-refractivity contribution >= 4 is 0 Å². The Morgan fingerprint density at radius 3 is 0.538 bits per heavy atom. The molecule has 0 N–H and O–H groups in total. The van der Waals surface area contributed by atoms with Gasteiger partial charge in [0.1, 0.15) is 0 Å². The number of hydrogen-bond donors (Lipinski definition) is 0. The molecule has 0 saturated carbocycles. The van der Waals surface area contributed by atoms with Crippen LogP contribution in [0, 0.1) is 46.1 Å². The number of nitrogens with zero attached hydrogens (tertiary/aromatic N) is 4. The summed E-state index contributed by atoms with van der Waals surface area (Å²) in [5.74, 6) is 0. The van der Waals surface area contributed by atoms with E-state index in [0.717, 1.165) is 0 Å². The Hall–Kier alpha value is -2.15. The molecule has 0 spiro atoms. The van der Waals surface area contributed by atoms with Gasteiger partial charge >= 0.3 is 21.1 Å². The van der Waals surface area contributed by atoms with Crippen LogP contribution in [0.2, 0.25) is 0 Å². The van der Waals surface area contributed by atoms with Crippen molar-refractivity contribution < 1.29 is 41.5 Å². The minimum Gasteiger partial charge on any atom is -0.812 e. The third kappa shape index (κ3) is 131. The molecule has 0 aliphatic heterocycles. The second-order valence-corrected chi connectivity index (χ2v) is 0.365. The fourth-order valence-electron chi connectivity index (χ4n) is 0. The summed E-state index contributed by atoms with van der Waals surface area (Å²) in [4.78, 5) is 0. The largest absolute Gasteiger partial charge is 4.00 e. The molecule has 0 unspecified atom stereocenters. The average Bonchev–Trinajstić information content (AvgIpc) is 1.92. The van der Waals surface area contributed by atoms with Gasteiger partial charge in [-0.15, -0.1) is 0 Å². The molecule has 0 amide bonds. The van der Waals surface area contributed by atoms with Crippen LogP contribution >= 0.6 is 0 Å². The van der Waals surface area contributed by atoms with Crippen molar-refractivity contribution in [3.8, 4) is 25.0 Å². The molecule has 0 aromatic heterocycles. The maximum Gasteiger partial charge on any atom is 4.00 e. The van der Waals surface area contributed by atoms with Gasteiger partial charge in [0.05, 0.1) is 0 Å². The van der Waals surface area contributed by atoms with E-state index in [9.17, 15) is 0 Å². The molecule has 0 aromatic rings. The first-order valence-corrected chi connectivity index (χ1v) is 1.71. The van der Waals surface area contributed by atoms with Crippen LogP contribution in [-0.2, 0) is 21.1 Å². The molecule has 0 heterocycles. The summed E-state index contributed by atoms with van der Waals surface area (Å²) in [7, 11) is 0. The van der Waals surface area contributed by atoms with Crippen molar-refractivity contribution in [2.24, 2.45) is 0 Å². The van der Waals surface area contributed by atoms with Gasteiger partial charge in [0, 0.05) is 25.0 Å². The maximum absolute atomic E-state index is 8.24. The molecule has 0 atom stereocenters. The fraction of sp³-hybridized carbons (Fsp3) is 0. The quantitative estimate of drug-likeness (QED) is 0.384. The first kappa shape index (κ1) is 30.8. The molecular weight excluding hydrogens is 363 g/mol. The Bertz CT molecular complexity index is 158. The Morgan fingerprint density at radius 1 is 0.538 bits per heavy atom. The second-order valence-electron chi connectivity index (χ2n) is 0.365. The van der Waals surface area contributed by atoms with Crippen molar-refractivity contribution in [3.05, 3.63) is 0 Å². The minimum absolute atomic E-state index is 0. The van der Waals surface area contributed by atoms with Gasteiger partial charge in [-0.05, 0) is 0 Å². The van der Waals surface area contributed by atoms with Crippen LogP contribution in [0.25, 0.3) is 0 Å². The molecule has 0 bridgehead atoms. The maximum atomic E-state index is 8.24. The van der Waals surface area contributed by atoms with Crippen LogP contribution in [0.4, 0.5) is 0 Å². The molecule has 0 saturated heterocycles. The first-order chi connectivity index (χ1) is 5.66. The van der Waals surface area contributed by atoms with E-state index in [0.29, 0.717) is 25.0 Å². The van der Waals surface area contributed by atoms with E-state index in [-0.39, 0.29) is 21.1 Å². The van der Waals surface area contributed by atoms with Crippen molar-refractivity contribution in [1.82, 2.24) is 0 Å². The van der Waals surface area contributed by atoms with Crippen LogP contribution in [0.5, 0.6) is 0 Å². The van der Waals surface area contributed by atoms with E-state index in [1.807, 2.05) is 0 Å². The van der Waals surface area contributed by atoms with Crippen LogP contribution in [0.1, 0.15) is 0 Å². The molecule has 9 heteroatoms. The zero-order valence-corrected chi connectivity index (χ0v) is 8.01. The van der Waals surface area contributed by atoms with E-state index in [1.165, 1.54) is 0 Å². The van der Waals surface area contributed by atoms with Crippen LogP contribution in [-0.4, -0.2) is 0 Å². The van der Waals surface area contributed by atoms with Gasteiger partial charge in [0.25, 0.3) is 0 Å². The van der Waals surface area contributed by atoms with E-state index < -0.39 is 0 Å². The summed E-state index contributed by atoms with van der Waals surface area (Å²) in [5.41, 5.74) is 0. The predicted octanol–water partition coefficient (Wildman–Crippen LogP) is -4.69. The SMILES string of the molecule is N#C[O-].N#C[O-].N#C[O-].N#C[O-].[Pt+4]. The van der Waals surface area contributed by atoms with Crippen molar-refractivity contribution in [2.75, 3.05) is 0 Å². The summed E-state index contributed by atoms with van der Waals surface area (Å²) in [6.45, 7) is 0. The van der Waals surface area contributed by atoms with Crippen molar-refractivity contribution in [3.63, 3.8) is 0 Å². The van der Waals surface area contributed by atoms with Crippen LogP contribution in [0.3, 0.4) is 0 Å². The van der Waals surface area contributed by atoms with Gasteiger partial charge in [-0.3, -0.25) is 0 Å². The van der Waals surface area contributed by atoms with Gasteiger partial charge in [0.2, 0.25) is 0 Å². The van der Waals surface area contributed by atoms with Gasteiger partial charge in [0.15, 0.2) is 0 Å². The van der Waals surface area contributed by atoms with E-state index >= 15 is 0 Å².